The molecule has 2 heterocycles. The highest BCUT2D eigenvalue weighted by Gasteiger charge is 2.33. The van der Waals surface area contributed by atoms with Crippen LogP contribution in [0, 0.1) is 5.82 Å². The van der Waals surface area contributed by atoms with Gasteiger partial charge in [-0.2, -0.15) is 0 Å². The molecule has 0 unspecified atom stereocenters. The van der Waals surface area contributed by atoms with Crippen LogP contribution in [0.1, 0.15) is 19.8 Å². The van der Waals surface area contributed by atoms with Crippen LogP contribution in [-0.2, 0) is 10.3 Å². The third kappa shape index (κ3) is 2.14. The van der Waals surface area contributed by atoms with Gasteiger partial charge in [-0.05, 0) is 48.4 Å². The molecular formula is C13H16FN5O. The lowest BCUT2D eigenvalue weighted by atomic mass is 9.92. The van der Waals surface area contributed by atoms with Gasteiger partial charge < -0.3 is 10.5 Å². The molecule has 2 N–H and O–H groups in total. The van der Waals surface area contributed by atoms with Crippen LogP contribution in [0.3, 0.4) is 0 Å². The molecule has 1 aliphatic heterocycles. The summed E-state index contributed by atoms with van der Waals surface area (Å²) in [6.07, 6.45) is 1.64. The van der Waals surface area contributed by atoms with E-state index in [1.807, 2.05) is 0 Å². The Balaban J connectivity index is 2.03. The van der Waals surface area contributed by atoms with E-state index in [9.17, 15) is 4.39 Å². The quantitative estimate of drug-likeness (QED) is 0.843. The number of nitrogens with two attached hydrogens (primary N) is 1. The number of anilines is 1. The molecule has 20 heavy (non-hydrogen) atoms. The van der Waals surface area contributed by atoms with Gasteiger partial charge in [-0.3, -0.25) is 0 Å². The first-order valence-corrected chi connectivity index (χ1v) is 6.52. The minimum absolute atomic E-state index is 0.116. The fraction of sp³-hybridized carbons (Fsp3) is 0.462. The van der Waals surface area contributed by atoms with E-state index in [0.29, 0.717) is 24.6 Å². The number of tetrazole rings is 1. The van der Waals surface area contributed by atoms with Crippen molar-refractivity contribution >= 4 is 5.69 Å². The SMILES string of the molecule is CC1(n2nnnc2-c2ccc(N)c(F)c2)CCOCC1. The van der Waals surface area contributed by atoms with Gasteiger partial charge in [0.1, 0.15) is 5.82 Å². The van der Waals surface area contributed by atoms with Crippen LogP contribution in [0.25, 0.3) is 11.4 Å². The zero-order chi connectivity index (χ0) is 14.2. The summed E-state index contributed by atoms with van der Waals surface area (Å²) < 4.78 is 20.8. The van der Waals surface area contributed by atoms with Crippen molar-refractivity contribution in [1.29, 1.82) is 0 Å². The molecule has 0 spiro atoms. The van der Waals surface area contributed by atoms with Crippen molar-refractivity contribution in [3.05, 3.63) is 24.0 Å². The van der Waals surface area contributed by atoms with Gasteiger partial charge in [0.15, 0.2) is 5.82 Å². The highest BCUT2D eigenvalue weighted by molar-refractivity contribution is 5.59. The van der Waals surface area contributed by atoms with Crippen LogP contribution in [0.15, 0.2) is 18.2 Å². The van der Waals surface area contributed by atoms with E-state index in [1.54, 1.807) is 10.7 Å². The summed E-state index contributed by atoms with van der Waals surface area (Å²) in [6, 6.07) is 4.61. The van der Waals surface area contributed by atoms with Gasteiger partial charge in [0.25, 0.3) is 0 Å². The predicted molar refractivity (Wildman–Crippen MR) is 71.3 cm³/mol. The predicted octanol–water partition coefficient (Wildman–Crippen LogP) is 1.59. The molecule has 2 aromatic rings. The molecule has 0 radical (unpaired) electrons. The molecule has 1 saturated heterocycles. The Bertz CT molecular complexity index is 621. The fourth-order valence-electron chi connectivity index (χ4n) is 2.42. The smallest absolute Gasteiger partial charge is 0.182 e. The molecule has 106 valence electrons. The molecule has 0 bridgehead atoms. The van der Waals surface area contributed by atoms with E-state index in [2.05, 4.69) is 22.4 Å². The molecular weight excluding hydrogens is 261 g/mol. The van der Waals surface area contributed by atoms with Gasteiger partial charge in [0.2, 0.25) is 0 Å². The zero-order valence-electron chi connectivity index (χ0n) is 11.2. The van der Waals surface area contributed by atoms with E-state index in [4.69, 9.17) is 10.5 Å². The standard InChI is InChI=1S/C13H16FN5O/c1-13(4-6-20-7-5-13)19-12(16-17-18-19)9-2-3-11(15)10(14)8-9/h2-3,8H,4-7,15H2,1H3. The molecule has 1 aromatic heterocycles. The Morgan fingerprint density at radius 2 is 2.10 bits per heavy atom. The average molecular weight is 277 g/mol. The Labute approximate surface area is 115 Å². The minimum Gasteiger partial charge on any atom is -0.396 e. The lowest BCUT2D eigenvalue weighted by molar-refractivity contribution is 0.0240. The van der Waals surface area contributed by atoms with E-state index >= 15 is 0 Å². The number of aromatic nitrogens is 4. The van der Waals surface area contributed by atoms with Crippen LogP contribution < -0.4 is 5.73 Å². The fourth-order valence-corrected chi connectivity index (χ4v) is 2.42. The number of nitrogen functional groups attached to an aromatic ring is 1. The van der Waals surface area contributed by atoms with Crippen LogP contribution >= 0.6 is 0 Å². The second-order valence-electron chi connectivity index (χ2n) is 5.26. The highest BCUT2D eigenvalue weighted by atomic mass is 19.1. The number of hydrogen-bond donors (Lipinski definition) is 1. The maximum atomic E-state index is 13.6. The highest BCUT2D eigenvalue weighted by Crippen LogP contribution is 2.31. The van der Waals surface area contributed by atoms with Gasteiger partial charge in [-0.25, -0.2) is 9.07 Å². The summed E-state index contributed by atoms with van der Waals surface area (Å²) in [5.41, 5.74) is 6.02. The number of rotatable bonds is 2. The van der Waals surface area contributed by atoms with Crippen LogP contribution in [0.2, 0.25) is 0 Å². The Kier molecular flexibility index (Phi) is 3.13. The second-order valence-corrected chi connectivity index (χ2v) is 5.26. The summed E-state index contributed by atoms with van der Waals surface area (Å²) in [7, 11) is 0. The van der Waals surface area contributed by atoms with Gasteiger partial charge in [0, 0.05) is 18.8 Å². The normalized spacial score (nSPS) is 18.1. The van der Waals surface area contributed by atoms with Gasteiger partial charge in [-0.15, -0.1) is 5.10 Å². The van der Waals surface area contributed by atoms with Crippen LogP contribution in [0.4, 0.5) is 10.1 Å². The molecule has 7 heteroatoms. The third-order valence-corrected chi connectivity index (χ3v) is 3.81. The molecule has 0 aliphatic carbocycles. The monoisotopic (exact) mass is 277 g/mol. The number of nitrogens with zero attached hydrogens (tertiary/aromatic N) is 4. The molecule has 1 aliphatic rings. The van der Waals surface area contributed by atoms with Crippen molar-refractivity contribution in [3.63, 3.8) is 0 Å². The largest absolute Gasteiger partial charge is 0.396 e. The first kappa shape index (κ1) is 13.0. The summed E-state index contributed by atoms with van der Waals surface area (Å²) in [4.78, 5) is 0. The summed E-state index contributed by atoms with van der Waals surface area (Å²) in [5, 5.41) is 11.9. The molecule has 6 nitrogen and oxygen atoms in total. The van der Waals surface area contributed by atoms with E-state index in [1.165, 1.54) is 12.1 Å². The van der Waals surface area contributed by atoms with E-state index in [0.717, 1.165) is 12.8 Å². The van der Waals surface area contributed by atoms with Crippen LogP contribution in [0.5, 0.6) is 0 Å². The molecule has 1 fully saturated rings. The van der Waals surface area contributed by atoms with Gasteiger partial charge >= 0.3 is 0 Å². The van der Waals surface area contributed by atoms with Crippen molar-refractivity contribution in [1.82, 2.24) is 20.2 Å². The van der Waals surface area contributed by atoms with Gasteiger partial charge in [0.05, 0.1) is 11.2 Å². The lowest BCUT2D eigenvalue weighted by Gasteiger charge is -2.33. The van der Waals surface area contributed by atoms with Crippen molar-refractivity contribution < 1.29 is 9.13 Å². The summed E-state index contributed by atoms with van der Waals surface area (Å²) in [6.45, 7) is 3.43. The first-order chi connectivity index (χ1) is 9.60. The summed E-state index contributed by atoms with van der Waals surface area (Å²) in [5.74, 6) is 0.0856. The van der Waals surface area contributed by atoms with Crippen molar-refractivity contribution in [2.75, 3.05) is 18.9 Å². The topological polar surface area (TPSA) is 78.9 Å². The van der Waals surface area contributed by atoms with Crippen molar-refractivity contribution in [3.8, 4) is 11.4 Å². The molecule has 0 saturated carbocycles. The van der Waals surface area contributed by atoms with E-state index in [-0.39, 0.29) is 11.2 Å². The van der Waals surface area contributed by atoms with Crippen LogP contribution in [-0.4, -0.2) is 33.4 Å². The molecule has 0 atom stereocenters. The number of hydrogen-bond acceptors (Lipinski definition) is 5. The molecule has 1 aromatic carbocycles. The zero-order valence-corrected chi connectivity index (χ0v) is 11.2. The second kappa shape index (κ2) is 4.82. The summed E-state index contributed by atoms with van der Waals surface area (Å²) >= 11 is 0. The number of ether oxygens (including phenoxy) is 1. The Hall–Kier alpha value is -2.02. The van der Waals surface area contributed by atoms with Gasteiger partial charge in [-0.1, -0.05) is 0 Å². The number of halogens is 1. The maximum Gasteiger partial charge on any atom is 0.182 e. The maximum absolute atomic E-state index is 13.6. The number of benzene rings is 1. The minimum atomic E-state index is -0.464. The van der Waals surface area contributed by atoms with Crippen molar-refractivity contribution in [2.24, 2.45) is 0 Å². The molecule has 3 rings (SSSR count). The average Bonchev–Trinajstić information content (AvgIpc) is 2.93. The van der Waals surface area contributed by atoms with E-state index < -0.39 is 5.82 Å². The molecule has 0 amide bonds. The van der Waals surface area contributed by atoms with Crippen molar-refractivity contribution in [2.45, 2.75) is 25.3 Å². The first-order valence-electron chi connectivity index (χ1n) is 6.52. The lowest BCUT2D eigenvalue weighted by Crippen LogP contribution is -2.38. The third-order valence-electron chi connectivity index (χ3n) is 3.81. The Morgan fingerprint density at radius 3 is 2.80 bits per heavy atom. The Morgan fingerprint density at radius 1 is 1.35 bits per heavy atom.